The Hall–Kier alpha value is -1.26. The molecule has 1 aromatic rings. The molecule has 5 heteroatoms. The van der Waals surface area contributed by atoms with E-state index in [9.17, 15) is 4.79 Å². The average Bonchev–Trinajstić information content (AvgIpc) is 2.20. The van der Waals surface area contributed by atoms with Crippen molar-refractivity contribution in [3.63, 3.8) is 0 Å². The van der Waals surface area contributed by atoms with Crippen molar-refractivity contribution < 1.29 is 9.53 Å². The van der Waals surface area contributed by atoms with E-state index >= 15 is 0 Å². The highest BCUT2D eigenvalue weighted by molar-refractivity contribution is 6.31. The Morgan fingerprint density at radius 3 is 2.80 bits per heavy atom. The second-order valence-corrected chi connectivity index (χ2v) is 3.59. The summed E-state index contributed by atoms with van der Waals surface area (Å²) in [5, 5.41) is 0.509. The zero-order valence-electron chi connectivity index (χ0n) is 8.37. The lowest BCUT2D eigenvalue weighted by Gasteiger charge is -2.10. The van der Waals surface area contributed by atoms with Crippen molar-refractivity contribution >= 4 is 23.3 Å². The van der Waals surface area contributed by atoms with Crippen molar-refractivity contribution in [1.29, 1.82) is 0 Å². The summed E-state index contributed by atoms with van der Waals surface area (Å²) in [6.07, 6.45) is 0.339. The smallest absolute Gasteiger partial charge is 0.322 e. The monoisotopic (exact) mass is 228 g/mol. The molecule has 0 spiro atoms. The summed E-state index contributed by atoms with van der Waals surface area (Å²) in [5.74, 6) is -0.456. The van der Waals surface area contributed by atoms with Crippen LogP contribution in [0.5, 0.6) is 0 Å². The van der Waals surface area contributed by atoms with E-state index in [0.29, 0.717) is 17.1 Å². The number of benzene rings is 1. The number of rotatable bonds is 3. The number of carbonyl (C=O) groups excluding carboxylic acids is 1. The third-order valence-corrected chi connectivity index (χ3v) is 2.37. The fraction of sp³-hybridized carbons (Fsp3) is 0.300. The highest BCUT2D eigenvalue weighted by Gasteiger charge is 2.15. The maximum absolute atomic E-state index is 11.1. The van der Waals surface area contributed by atoms with Gasteiger partial charge in [-0.25, -0.2) is 0 Å². The minimum atomic E-state index is -0.698. The molecule has 82 valence electrons. The van der Waals surface area contributed by atoms with Gasteiger partial charge in [0.05, 0.1) is 7.11 Å². The van der Waals surface area contributed by atoms with Crippen molar-refractivity contribution in [3.05, 3.63) is 28.8 Å². The van der Waals surface area contributed by atoms with E-state index < -0.39 is 12.0 Å². The van der Waals surface area contributed by atoms with E-state index in [4.69, 9.17) is 23.1 Å². The second kappa shape index (κ2) is 5.00. The van der Waals surface area contributed by atoms with Gasteiger partial charge in [0, 0.05) is 10.7 Å². The van der Waals surface area contributed by atoms with E-state index in [1.54, 1.807) is 18.2 Å². The van der Waals surface area contributed by atoms with Crippen molar-refractivity contribution in [3.8, 4) is 0 Å². The van der Waals surface area contributed by atoms with E-state index in [2.05, 4.69) is 4.74 Å². The molecule has 0 heterocycles. The molecule has 1 rings (SSSR count). The van der Waals surface area contributed by atoms with Gasteiger partial charge in [0.2, 0.25) is 0 Å². The number of nitrogens with two attached hydrogens (primary N) is 2. The number of hydrogen-bond acceptors (Lipinski definition) is 4. The van der Waals surface area contributed by atoms with Crippen LogP contribution >= 0.6 is 11.6 Å². The maximum Gasteiger partial charge on any atom is 0.322 e. The predicted molar refractivity (Wildman–Crippen MR) is 59.6 cm³/mol. The van der Waals surface area contributed by atoms with Gasteiger partial charge in [-0.3, -0.25) is 4.79 Å². The molecule has 0 unspecified atom stereocenters. The molecule has 0 aromatic heterocycles. The molecule has 1 atom stereocenters. The van der Waals surface area contributed by atoms with E-state index in [1.807, 2.05) is 0 Å². The highest BCUT2D eigenvalue weighted by atomic mass is 35.5. The predicted octanol–water partition coefficient (Wildman–Crippen LogP) is 0.965. The number of ether oxygens (including phenoxy) is 1. The molecule has 0 saturated carbocycles. The first-order chi connectivity index (χ1) is 7.04. The summed E-state index contributed by atoms with van der Waals surface area (Å²) < 4.78 is 4.52. The Morgan fingerprint density at radius 1 is 1.60 bits per heavy atom. The molecule has 4 N–H and O–H groups in total. The number of nitrogen functional groups attached to an aromatic ring is 1. The van der Waals surface area contributed by atoms with Crippen LogP contribution in [0.4, 0.5) is 5.69 Å². The topological polar surface area (TPSA) is 78.3 Å². The lowest BCUT2D eigenvalue weighted by atomic mass is 10.1. The van der Waals surface area contributed by atoms with Gasteiger partial charge in [-0.2, -0.15) is 0 Å². The van der Waals surface area contributed by atoms with Crippen LogP contribution in [0.1, 0.15) is 5.56 Å². The molecule has 0 saturated heterocycles. The Balaban J connectivity index is 2.76. The normalized spacial score (nSPS) is 12.2. The number of esters is 1. The van der Waals surface area contributed by atoms with Gasteiger partial charge in [0.15, 0.2) is 0 Å². The standard InChI is InChI=1S/C10H13ClN2O2/c1-15-10(14)9(13)4-6-2-3-7(12)5-8(6)11/h2-3,5,9H,4,12-13H2,1H3/t9-/m0/s1. The minimum absolute atomic E-state index is 0.339. The van der Waals surface area contributed by atoms with Gasteiger partial charge < -0.3 is 16.2 Å². The molecule has 0 aliphatic carbocycles. The number of anilines is 1. The molecule has 1 aromatic carbocycles. The van der Waals surface area contributed by atoms with Crippen LogP contribution in [-0.4, -0.2) is 19.1 Å². The SMILES string of the molecule is COC(=O)[C@@H](N)Cc1ccc(N)cc1Cl. The lowest BCUT2D eigenvalue weighted by Crippen LogP contribution is -2.33. The minimum Gasteiger partial charge on any atom is -0.468 e. The number of methoxy groups -OCH3 is 1. The third kappa shape index (κ3) is 3.11. The zero-order valence-corrected chi connectivity index (χ0v) is 9.12. The zero-order chi connectivity index (χ0) is 11.4. The van der Waals surface area contributed by atoms with Crippen LogP contribution in [0.2, 0.25) is 5.02 Å². The molecule has 4 nitrogen and oxygen atoms in total. The van der Waals surface area contributed by atoms with Crippen LogP contribution in [0.3, 0.4) is 0 Å². The van der Waals surface area contributed by atoms with Crippen molar-refractivity contribution in [2.75, 3.05) is 12.8 Å². The van der Waals surface area contributed by atoms with Gasteiger partial charge in [-0.1, -0.05) is 17.7 Å². The first-order valence-electron chi connectivity index (χ1n) is 4.42. The molecular formula is C10H13ClN2O2. The van der Waals surface area contributed by atoms with Gasteiger partial charge in [-0.15, -0.1) is 0 Å². The molecule has 15 heavy (non-hydrogen) atoms. The van der Waals surface area contributed by atoms with Gasteiger partial charge in [0.25, 0.3) is 0 Å². The van der Waals surface area contributed by atoms with Gasteiger partial charge >= 0.3 is 5.97 Å². The van der Waals surface area contributed by atoms with Crippen molar-refractivity contribution in [1.82, 2.24) is 0 Å². The number of halogens is 1. The Kier molecular flexibility index (Phi) is 3.94. The largest absolute Gasteiger partial charge is 0.468 e. The Bertz CT molecular complexity index is 368. The van der Waals surface area contributed by atoms with E-state index in [0.717, 1.165) is 5.56 Å². The number of carbonyl (C=O) groups is 1. The molecule has 0 aliphatic heterocycles. The summed E-state index contributed by atoms with van der Waals surface area (Å²) in [6, 6.07) is 4.39. The average molecular weight is 229 g/mol. The van der Waals surface area contributed by atoms with Crippen LogP contribution in [0.25, 0.3) is 0 Å². The Labute approximate surface area is 93.1 Å². The molecule has 0 bridgehead atoms. The van der Waals surface area contributed by atoms with Crippen LogP contribution in [0, 0.1) is 0 Å². The summed E-state index contributed by atoms with van der Waals surface area (Å²) in [7, 11) is 1.30. The Morgan fingerprint density at radius 2 is 2.27 bits per heavy atom. The van der Waals surface area contributed by atoms with Gasteiger partial charge in [-0.05, 0) is 24.1 Å². The quantitative estimate of drug-likeness (QED) is 0.597. The molecule has 0 amide bonds. The third-order valence-electron chi connectivity index (χ3n) is 2.02. The van der Waals surface area contributed by atoms with E-state index in [-0.39, 0.29) is 0 Å². The molecular weight excluding hydrogens is 216 g/mol. The van der Waals surface area contributed by atoms with E-state index in [1.165, 1.54) is 7.11 Å². The summed E-state index contributed by atoms with van der Waals surface area (Å²) >= 11 is 5.93. The maximum atomic E-state index is 11.1. The fourth-order valence-corrected chi connectivity index (χ4v) is 1.47. The summed E-state index contributed by atoms with van der Waals surface area (Å²) in [6.45, 7) is 0. The van der Waals surface area contributed by atoms with Crippen LogP contribution in [0.15, 0.2) is 18.2 Å². The summed E-state index contributed by atoms with van der Waals surface area (Å²) in [4.78, 5) is 11.1. The molecule has 0 radical (unpaired) electrons. The first kappa shape index (κ1) is 11.8. The van der Waals surface area contributed by atoms with Crippen LogP contribution in [-0.2, 0) is 16.0 Å². The molecule has 0 aliphatic rings. The highest BCUT2D eigenvalue weighted by Crippen LogP contribution is 2.20. The van der Waals surface area contributed by atoms with Gasteiger partial charge in [0.1, 0.15) is 6.04 Å². The van der Waals surface area contributed by atoms with Crippen molar-refractivity contribution in [2.24, 2.45) is 5.73 Å². The first-order valence-corrected chi connectivity index (χ1v) is 4.79. The second-order valence-electron chi connectivity index (χ2n) is 3.18. The number of hydrogen-bond donors (Lipinski definition) is 2. The fourth-order valence-electron chi connectivity index (χ4n) is 1.20. The van der Waals surface area contributed by atoms with Crippen molar-refractivity contribution in [2.45, 2.75) is 12.5 Å². The van der Waals surface area contributed by atoms with Crippen LogP contribution < -0.4 is 11.5 Å². The summed E-state index contributed by atoms with van der Waals surface area (Å²) in [5.41, 5.74) is 12.5. The lowest BCUT2D eigenvalue weighted by molar-refractivity contribution is -0.142. The molecule has 0 fully saturated rings.